The zero-order valence-electron chi connectivity index (χ0n) is 17.2. The molecule has 0 saturated carbocycles. The average molecular weight is 449 g/mol. The molecule has 0 saturated heterocycles. The Bertz CT molecular complexity index is 1140. The number of anilines is 1. The molecule has 0 unspecified atom stereocenters. The van der Waals surface area contributed by atoms with Gasteiger partial charge < -0.3 is 15.4 Å². The van der Waals surface area contributed by atoms with Crippen molar-refractivity contribution < 1.29 is 18.1 Å². The van der Waals surface area contributed by atoms with Gasteiger partial charge in [-0.05, 0) is 67.8 Å². The molecule has 2 amide bonds. The number of nitrogens with one attached hydrogen (secondary N) is 4. The van der Waals surface area contributed by atoms with Gasteiger partial charge in [0.15, 0.2) is 9.92 Å². The number of aromatic nitrogens is 2. The van der Waals surface area contributed by atoms with Gasteiger partial charge in [-0.15, -0.1) is 0 Å². The molecule has 5 rings (SSSR count). The molecule has 0 spiro atoms. The third-order valence-corrected chi connectivity index (χ3v) is 7.71. The monoisotopic (exact) mass is 448 g/mol. The van der Waals surface area contributed by atoms with Gasteiger partial charge in [-0.2, -0.15) is 5.10 Å². The van der Waals surface area contributed by atoms with Crippen LogP contribution >= 0.6 is 0 Å². The van der Waals surface area contributed by atoms with Crippen LogP contribution in [0.4, 0.5) is 14.9 Å². The topological polar surface area (TPSA) is 121 Å². The Hall–Kier alpha value is -2.66. The molecule has 31 heavy (non-hydrogen) atoms. The van der Waals surface area contributed by atoms with Crippen molar-refractivity contribution >= 4 is 21.6 Å². The van der Waals surface area contributed by atoms with Crippen LogP contribution in [0.25, 0.3) is 0 Å². The highest BCUT2D eigenvalue weighted by Gasteiger charge is 2.31. The van der Waals surface area contributed by atoms with E-state index >= 15 is 0 Å². The second kappa shape index (κ2) is 7.49. The predicted molar refractivity (Wildman–Crippen MR) is 112 cm³/mol. The summed E-state index contributed by atoms with van der Waals surface area (Å²) in [6.45, 7) is 0.867. The average Bonchev–Trinajstić information content (AvgIpc) is 3.49. The Kier molecular flexibility index (Phi) is 4.89. The Morgan fingerprint density at radius 2 is 1.87 bits per heavy atom. The lowest BCUT2D eigenvalue weighted by Gasteiger charge is -2.24. The second-order valence-electron chi connectivity index (χ2n) is 8.22. The zero-order valence-corrected chi connectivity index (χ0v) is 18.0. The van der Waals surface area contributed by atoms with Crippen LogP contribution in [0.15, 0.2) is 11.1 Å². The molecule has 0 fully saturated rings. The highest BCUT2D eigenvalue weighted by molar-refractivity contribution is 7.91. The Morgan fingerprint density at radius 3 is 2.52 bits per heavy atom. The number of nitrogens with zero attached hydrogens (tertiary/aromatic N) is 2. The summed E-state index contributed by atoms with van der Waals surface area (Å²) in [5.41, 5.74) is 3.64. The first-order valence-electron chi connectivity index (χ1n) is 10.5. The maximum atomic E-state index is 14.8. The molecule has 4 N–H and O–H groups in total. The Morgan fingerprint density at radius 1 is 1.23 bits per heavy atom. The number of fused-ring (bicyclic) bond motifs is 3. The number of likely N-dealkylation sites (N-methyl/N-ethyl adjacent to an activating group) is 1. The first-order chi connectivity index (χ1) is 14.9. The third kappa shape index (κ3) is 3.35. The third-order valence-electron chi connectivity index (χ3n) is 6.34. The zero-order chi connectivity index (χ0) is 21.8. The molecule has 2 aliphatic carbocycles. The number of rotatable bonds is 4. The van der Waals surface area contributed by atoms with Gasteiger partial charge in [-0.25, -0.2) is 27.6 Å². The molecular weight excluding hydrogens is 423 g/mol. The molecule has 0 bridgehead atoms. The smallest absolute Gasteiger partial charge is 0.331 e. The molecule has 2 atom stereocenters. The summed E-state index contributed by atoms with van der Waals surface area (Å²) in [5, 5.41) is 10.0. The summed E-state index contributed by atoms with van der Waals surface area (Å²) in [7, 11) is -1.89. The molecule has 2 heterocycles. The minimum atomic E-state index is -3.70. The maximum Gasteiger partial charge on any atom is 0.331 e. The number of amides is 2. The first kappa shape index (κ1) is 20.3. The molecule has 3 aliphatic rings. The van der Waals surface area contributed by atoms with Crippen LogP contribution < -0.4 is 20.1 Å². The van der Waals surface area contributed by atoms with E-state index in [2.05, 4.69) is 20.5 Å². The SMILES string of the molecule is CN[C@@H]1COc2c([S@@](=N)(=O)NC(=O)Nc3c4c(c(F)c5c3CCC5)CCC4)cnn2C1. The van der Waals surface area contributed by atoms with Gasteiger partial charge in [0.2, 0.25) is 5.88 Å². The number of ether oxygens (including phenoxy) is 1. The first-order valence-corrected chi connectivity index (χ1v) is 12.0. The minimum Gasteiger partial charge on any atom is -0.475 e. The van der Waals surface area contributed by atoms with Crippen LogP contribution in [0.1, 0.15) is 35.1 Å². The summed E-state index contributed by atoms with van der Waals surface area (Å²) >= 11 is 0. The number of urea groups is 1. The van der Waals surface area contributed by atoms with Crippen LogP contribution in [0.3, 0.4) is 0 Å². The summed E-state index contributed by atoms with van der Waals surface area (Å²) < 4.78 is 45.7. The fourth-order valence-corrected chi connectivity index (χ4v) is 5.84. The molecule has 1 aromatic heterocycles. The standard InChI is InChI=1S/C20H25FN6O3S/c1-23-11-9-27-19(30-10-11)16(8-24-27)31(22,29)26-20(28)25-18-14-6-2-4-12(14)17(21)13-5-3-7-15(13)18/h8,11,23H,2-7,9-10H2,1H3,(H3,22,25,26,28,29)/t11-,31-/m0/s1. The number of benzene rings is 1. The molecule has 11 heteroatoms. The van der Waals surface area contributed by atoms with E-state index in [0.717, 1.165) is 24.0 Å². The summed E-state index contributed by atoms with van der Waals surface area (Å²) in [6.07, 6.45) is 5.70. The Balaban J connectivity index is 1.40. The fraction of sp³-hybridized carbons (Fsp3) is 0.500. The molecule has 9 nitrogen and oxygen atoms in total. The molecule has 166 valence electrons. The van der Waals surface area contributed by atoms with E-state index in [1.165, 1.54) is 10.9 Å². The van der Waals surface area contributed by atoms with E-state index in [1.807, 2.05) is 7.05 Å². The van der Waals surface area contributed by atoms with Crippen molar-refractivity contribution in [3.63, 3.8) is 0 Å². The number of halogens is 1. The van der Waals surface area contributed by atoms with Gasteiger partial charge in [0.25, 0.3) is 0 Å². The minimum absolute atomic E-state index is 0.0340. The van der Waals surface area contributed by atoms with E-state index in [1.54, 1.807) is 0 Å². The van der Waals surface area contributed by atoms with Crippen molar-refractivity contribution in [1.82, 2.24) is 19.8 Å². The lowest BCUT2D eigenvalue weighted by molar-refractivity contribution is 0.184. The van der Waals surface area contributed by atoms with Crippen molar-refractivity contribution in [1.29, 1.82) is 4.78 Å². The van der Waals surface area contributed by atoms with Crippen molar-refractivity contribution in [2.24, 2.45) is 0 Å². The lowest BCUT2D eigenvalue weighted by Crippen LogP contribution is -2.40. The van der Waals surface area contributed by atoms with Gasteiger partial charge in [-0.1, -0.05) is 0 Å². The second-order valence-corrected chi connectivity index (χ2v) is 9.97. The fourth-order valence-electron chi connectivity index (χ4n) is 4.81. The predicted octanol–water partition coefficient (Wildman–Crippen LogP) is 2.12. The lowest BCUT2D eigenvalue weighted by atomic mass is 9.98. The molecule has 0 radical (unpaired) electrons. The van der Waals surface area contributed by atoms with E-state index in [0.29, 0.717) is 55.6 Å². The van der Waals surface area contributed by atoms with Crippen molar-refractivity contribution in [3.8, 4) is 5.88 Å². The molecule has 2 aromatic rings. The van der Waals surface area contributed by atoms with Crippen LogP contribution in [0.2, 0.25) is 0 Å². The summed E-state index contributed by atoms with van der Waals surface area (Å²) in [5.74, 6) is 0.106. The number of hydrogen-bond donors (Lipinski definition) is 4. The maximum absolute atomic E-state index is 14.8. The van der Waals surface area contributed by atoms with Crippen molar-refractivity contribution in [2.45, 2.75) is 56.0 Å². The van der Waals surface area contributed by atoms with E-state index < -0.39 is 15.9 Å². The largest absolute Gasteiger partial charge is 0.475 e. The van der Waals surface area contributed by atoms with Gasteiger partial charge in [-0.3, -0.25) is 0 Å². The molecule has 1 aromatic carbocycles. The highest BCUT2D eigenvalue weighted by atomic mass is 32.2. The van der Waals surface area contributed by atoms with Crippen molar-refractivity contribution in [2.75, 3.05) is 19.0 Å². The summed E-state index contributed by atoms with van der Waals surface area (Å²) in [4.78, 5) is 12.8. The van der Waals surface area contributed by atoms with E-state index in [-0.39, 0.29) is 22.6 Å². The molecular formula is C20H25FN6O3S. The van der Waals surface area contributed by atoms with Gasteiger partial charge in [0, 0.05) is 5.69 Å². The van der Waals surface area contributed by atoms with E-state index in [4.69, 9.17) is 9.52 Å². The van der Waals surface area contributed by atoms with Crippen LogP contribution in [-0.4, -0.2) is 39.7 Å². The number of hydrogen-bond acceptors (Lipinski definition) is 6. The highest BCUT2D eigenvalue weighted by Crippen LogP contribution is 2.41. The van der Waals surface area contributed by atoms with Crippen molar-refractivity contribution in [3.05, 3.63) is 34.3 Å². The Labute approximate surface area is 179 Å². The number of carbonyl (C=O) groups is 1. The van der Waals surface area contributed by atoms with Crippen LogP contribution in [0, 0.1) is 10.6 Å². The normalized spacial score (nSPS) is 20.9. The molecule has 1 aliphatic heterocycles. The number of carbonyl (C=O) groups excluding carboxylic acids is 1. The quantitative estimate of drug-likeness (QED) is 0.571. The van der Waals surface area contributed by atoms with Gasteiger partial charge in [0.05, 0.1) is 18.8 Å². The van der Waals surface area contributed by atoms with E-state index in [9.17, 15) is 13.4 Å². The summed E-state index contributed by atoms with van der Waals surface area (Å²) in [6, 6.07) is -0.695. The van der Waals surface area contributed by atoms with Crippen LogP contribution in [-0.2, 0) is 42.1 Å². The van der Waals surface area contributed by atoms with Gasteiger partial charge >= 0.3 is 6.03 Å². The van der Waals surface area contributed by atoms with Gasteiger partial charge in [0.1, 0.15) is 17.3 Å². The van der Waals surface area contributed by atoms with Crippen LogP contribution in [0.5, 0.6) is 5.88 Å².